The Labute approximate surface area is 137 Å². The van der Waals surface area contributed by atoms with Crippen molar-refractivity contribution in [2.24, 2.45) is 7.05 Å². The molecule has 1 heterocycles. The number of aromatic nitrogens is 1. The van der Waals surface area contributed by atoms with Gasteiger partial charge in [0.25, 0.3) is 5.91 Å². The van der Waals surface area contributed by atoms with Gasteiger partial charge in [-0.3, -0.25) is 4.79 Å². The Morgan fingerprint density at radius 2 is 2.00 bits per heavy atom. The first kappa shape index (κ1) is 17.5. The van der Waals surface area contributed by atoms with Crippen molar-refractivity contribution in [1.82, 2.24) is 14.2 Å². The lowest BCUT2D eigenvalue weighted by atomic mass is 10.1. The molecular formula is C16H23N3O3S. The molecule has 0 spiro atoms. The van der Waals surface area contributed by atoms with Gasteiger partial charge in [0.05, 0.1) is 11.3 Å². The van der Waals surface area contributed by atoms with Crippen LogP contribution in [0.2, 0.25) is 0 Å². The number of nitrogens with zero attached hydrogens (tertiary/aromatic N) is 2. The van der Waals surface area contributed by atoms with Crippen molar-refractivity contribution in [3.05, 3.63) is 36.0 Å². The Morgan fingerprint density at radius 3 is 2.70 bits per heavy atom. The molecule has 0 aliphatic rings. The Morgan fingerprint density at radius 1 is 1.30 bits per heavy atom. The zero-order chi connectivity index (χ0) is 17.0. The van der Waals surface area contributed by atoms with Crippen LogP contribution >= 0.6 is 0 Å². The first-order valence-corrected chi connectivity index (χ1v) is 9.24. The summed E-state index contributed by atoms with van der Waals surface area (Å²) in [6.07, 6.45) is 2.39. The summed E-state index contributed by atoms with van der Waals surface area (Å²) in [4.78, 5) is 12.3. The number of carbonyl (C=O) groups is 1. The molecule has 0 saturated heterocycles. The van der Waals surface area contributed by atoms with Gasteiger partial charge in [-0.2, -0.15) is 0 Å². The van der Waals surface area contributed by atoms with Crippen LogP contribution in [0.4, 0.5) is 0 Å². The molecule has 23 heavy (non-hydrogen) atoms. The van der Waals surface area contributed by atoms with Gasteiger partial charge in [-0.1, -0.05) is 18.2 Å². The highest BCUT2D eigenvalue weighted by atomic mass is 32.2. The number of fused-ring (bicyclic) bond motifs is 1. The van der Waals surface area contributed by atoms with E-state index in [1.807, 2.05) is 42.1 Å². The van der Waals surface area contributed by atoms with Crippen molar-refractivity contribution in [3.63, 3.8) is 0 Å². The maximum Gasteiger partial charge on any atom is 0.253 e. The molecule has 2 aromatic rings. The number of amides is 1. The van der Waals surface area contributed by atoms with Crippen LogP contribution < -0.4 is 5.32 Å². The zero-order valence-electron chi connectivity index (χ0n) is 13.7. The van der Waals surface area contributed by atoms with Gasteiger partial charge in [0, 0.05) is 44.3 Å². The molecular weight excluding hydrogens is 314 g/mol. The van der Waals surface area contributed by atoms with E-state index in [0.29, 0.717) is 25.1 Å². The second-order valence-corrected chi connectivity index (χ2v) is 7.87. The minimum atomic E-state index is -3.16. The number of carbonyl (C=O) groups excluding carboxylic acids is 1. The smallest absolute Gasteiger partial charge is 0.253 e. The van der Waals surface area contributed by atoms with Gasteiger partial charge < -0.3 is 9.88 Å². The molecule has 0 atom stereocenters. The predicted octanol–water partition coefficient (Wildman–Crippen LogP) is 1.58. The topological polar surface area (TPSA) is 71.4 Å². The number of para-hydroxylation sites is 1. The van der Waals surface area contributed by atoms with Gasteiger partial charge in [-0.15, -0.1) is 0 Å². The summed E-state index contributed by atoms with van der Waals surface area (Å²) >= 11 is 0. The summed E-state index contributed by atoms with van der Waals surface area (Å²) in [6.45, 7) is 2.45. The van der Waals surface area contributed by atoms with Crippen LogP contribution in [0.5, 0.6) is 0 Å². The third-order valence-electron chi connectivity index (χ3n) is 3.92. The third kappa shape index (κ3) is 3.92. The van der Waals surface area contributed by atoms with E-state index >= 15 is 0 Å². The molecule has 7 heteroatoms. The maximum atomic E-state index is 12.3. The lowest BCUT2D eigenvalue weighted by Crippen LogP contribution is -2.32. The second-order valence-electron chi connectivity index (χ2n) is 5.50. The van der Waals surface area contributed by atoms with Gasteiger partial charge in [0.15, 0.2) is 0 Å². The highest BCUT2D eigenvalue weighted by Crippen LogP contribution is 2.19. The number of sulfonamides is 1. The summed E-state index contributed by atoms with van der Waals surface area (Å²) in [5, 5.41) is 3.77. The van der Waals surface area contributed by atoms with Crippen LogP contribution in [0, 0.1) is 0 Å². The van der Waals surface area contributed by atoms with Gasteiger partial charge >= 0.3 is 0 Å². The van der Waals surface area contributed by atoms with Crippen LogP contribution in [0.25, 0.3) is 10.9 Å². The highest BCUT2D eigenvalue weighted by Gasteiger charge is 2.15. The van der Waals surface area contributed by atoms with E-state index in [9.17, 15) is 13.2 Å². The third-order valence-corrected chi connectivity index (χ3v) is 5.78. The number of aryl methyl sites for hydroxylation is 1. The van der Waals surface area contributed by atoms with Gasteiger partial charge in [-0.25, -0.2) is 12.7 Å². The van der Waals surface area contributed by atoms with E-state index in [0.717, 1.165) is 10.9 Å². The Balaban J connectivity index is 1.93. The molecule has 1 aromatic heterocycles. The lowest BCUT2D eigenvalue weighted by molar-refractivity contribution is 0.0954. The lowest BCUT2D eigenvalue weighted by Gasteiger charge is -2.15. The number of hydrogen-bond acceptors (Lipinski definition) is 3. The quantitative estimate of drug-likeness (QED) is 0.780. The molecule has 0 unspecified atom stereocenters. The van der Waals surface area contributed by atoms with Crippen molar-refractivity contribution >= 4 is 26.8 Å². The molecule has 2 rings (SSSR count). The summed E-state index contributed by atoms with van der Waals surface area (Å²) in [6, 6.07) is 7.74. The van der Waals surface area contributed by atoms with Crippen molar-refractivity contribution < 1.29 is 13.2 Å². The number of rotatable bonds is 7. The SMILES string of the molecule is CCS(=O)(=O)N(C)CCCNC(=O)c1cn(C)c2ccccc12. The second kappa shape index (κ2) is 7.14. The fourth-order valence-electron chi connectivity index (χ4n) is 2.48. The van der Waals surface area contributed by atoms with Crippen molar-refractivity contribution in [2.45, 2.75) is 13.3 Å². The van der Waals surface area contributed by atoms with Crippen molar-refractivity contribution in [3.8, 4) is 0 Å². The summed E-state index contributed by atoms with van der Waals surface area (Å²) in [5.41, 5.74) is 1.64. The van der Waals surface area contributed by atoms with Crippen LogP contribution in [-0.4, -0.2) is 49.1 Å². The van der Waals surface area contributed by atoms with Crippen LogP contribution in [0.3, 0.4) is 0 Å². The fraction of sp³-hybridized carbons (Fsp3) is 0.438. The fourth-order valence-corrected chi connectivity index (χ4v) is 3.33. The molecule has 126 valence electrons. The monoisotopic (exact) mass is 337 g/mol. The predicted molar refractivity (Wildman–Crippen MR) is 92.0 cm³/mol. The van der Waals surface area contributed by atoms with Crippen molar-refractivity contribution in [2.75, 3.05) is 25.9 Å². The molecule has 1 N–H and O–H groups in total. The van der Waals surface area contributed by atoms with E-state index < -0.39 is 10.0 Å². The highest BCUT2D eigenvalue weighted by molar-refractivity contribution is 7.89. The van der Waals surface area contributed by atoms with Crippen molar-refractivity contribution in [1.29, 1.82) is 0 Å². The van der Waals surface area contributed by atoms with E-state index in [1.165, 1.54) is 4.31 Å². The average molecular weight is 337 g/mol. The van der Waals surface area contributed by atoms with Gasteiger partial charge in [0.2, 0.25) is 10.0 Å². The van der Waals surface area contributed by atoms with Crippen LogP contribution in [-0.2, 0) is 17.1 Å². The molecule has 1 aromatic carbocycles. The molecule has 0 saturated carbocycles. The molecule has 0 bridgehead atoms. The number of benzene rings is 1. The summed E-state index contributed by atoms with van der Waals surface area (Å²) < 4.78 is 26.5. The Hall–Kier alpha value is -1.86. The molecule has 0 aliphatic heterocycles. The molecule has 0 radical (unpaired) electrons. The Bertz CT molecular complexity index is 796. The van der Waals surface area contributed by atoms with Gasteiger partial charge in [0.1, 0.15) is 0 Å². The minimum Gasteiger partial charge on any atom is -0.352 e. The number of nitrogens with one attached hydrogen (secondary N) is 1. The molecule has 0 aliphatic carbocycles. The van der Waals surface area contributed by atoms with Gasteiger partial charge in [-0.05, 0) is 19.4 Å². The minimum absolute atomic E-state index is 0.0892. The van der Waals surface area contributed by atoms with Crippen LogP contribution in [0.15, 0.2) is 30.5 Å². The maximum absolute atomic E-state index is 12.3. The Kier molecular flexibility index (Phi) is 5.43. The largest absolute Gasteiger partial charge is 0.352 e. The first-order chi connectivity index (χ1) is 10.9. The summed E-state index contributed by atoms with van der Waals surface area (Å²) in [7, 11) is 0.308. The molecule has 1 amide bonds. The molecule has 6 nitrogen and oxygen atoms in total. The van der Waals surface area contributed by atoms with Crippen LogP contribution in [0.1, 0.15) is 23.7 Å². The van der Waals surface area contributed by atoms with E-state index in [1.54, 1.807) is 14.0 Å². The van der Waals surface area contributed by atoms with E-state index in [4.69, 9.17) is 0 Å². The number of hydrogen-bond donors (Lipinski definition) is 1. The van der Waals surface area contributed by atoms with E-state index in [-0.39, 0.29) is 11.7 Å². The summed E-state index contributed by atoms with van der Waals surface area (Å²) in [5.74, 6) is -0.0471. The standard InChI is InChI=1S/C16H23N3O3S/c1-4-23(21,22)19(3)11-7-10-17-16(20)14-12-18(2)15-9-6-5-8-13(14)15/h5-6,8-9,12H,4,7,10-11H2,1-3H3,(H,17,20). The first-order valence-electron chi connectivity index (χ1n) is 7.63. The van der Waals surface area contributed by atoms with E-state index in [2.05, 4.69) is 5.32 Å². The average Bonchev–Trinajstić information content (AvgIpc) is 2.88. The zero-order valence-corrected chi connectivity index (χ0v) is 14.6. The normalized spacial score (nSPS) is 12.0. The molecule has 0 fully saturated rings.